The molecule has 3 rings (SSSR count). The number of rotatable bonds is 6. The van der Waals surface area contributed by atoms with Gasteiger partial charge in [-0.2, -0.15) is 4.98 Å². The quantitative estimate of drug-likeness (QED) is 0.686. The Kier molecular flexibility index (Phi) is 5.36. The summed E-state index contributed by atoms with van der Waals surface area (Å²) in [7, 11) is 0. The van der Waals surface area contributed by atoms with E-state index in [9.17, 15) is 4.79 Å². The SMILES string of the molecule is Nc1nc(=O)n(CCCOc2ccc(Cl)cc2)cc1-c1ccccc1. The highest BCUT2D eigenvalue weighted by Gasteiger charge is 2.08. The molecule has 2 N–H and O–H groups in total. The summed E-state index contributed by atoms with van der Waals surface area (Å²) in [5.41, 5.74) is 7.23. The Morgan fingerprint density at radius 3 is 2.52 bits per heavy atom. The monoisotopic (exact) mass is 355 g/mol. The van der Waals surface area contributed by atoms with Gasteiger partial charge in [-0.05, 0) is 36.2 Å². The molecule has 0 aliphatic heterocycles. The summed E-state index contributed by atoms with van der Waals surface area (Å²) in [5, 5.41) is 0.667. The van der Waals surface area contributed by atoms with E-state index < -0.39 is 0 Å². The first-order valence-corrected chi connectivity index (χ1v) is 8.32. The third-order valence-electron chi connectivity index (χ3n) is 3.73. The molecular weight excluding hydrogens is 338 g/mol. The molecule has 0 unspecified atom stereocenters. The lowest BCUT2D eigenvalue weighted by atomic mass is 10.1. The molecule has 6 heteroatoms. The molecule has 0 aliphatic carbocycles. The molecule has 0 atom stereocenters. The first kappa shape index (κ1) is 17.0. The van der Waals surface area contributed by atoms with E-state index in [4.69, 9.17) is 22.1 Å². The van der Waals surface area contributed by atoms with Crippen LogP contribution < -0.4 is 16.2 Å². The topological polar surface area (TPSA) is 70.1 Å². The second-order valence-electron chi connectivity index (χ2n) is 5.54. The molecule has 1 aromatic heterocycles. The van der Waals surface area contributed by atoms with E-state index in [1.165, 1.54) is 0 Å². The van der Waals surface area contributed by atoms with Crippen molar-refractivity contribution >= 4 is 17.4 Å². The Bertz CT molecular complexity index is 893. The van der Waals surface area contributed by atoms with Crippen LogP contribution in [-0.2, 0) is 6.54 Å². The highest BCUT2D eigenvalue weighted by atomic mass is 35.5. The fourth-order valence-corrected chi connectivity index (χ4v) is 2.59. The molecule has 5 nitrogen and oxygen atoms in total. The van der Waals surface area contributed by atoms with Crippen LogP contribution in [0.15, 0.2) is 65.6 Å². The molecular formula is C19H18ClN3O2. The van der Waals surface area contributed by atoms with Crippen LogP contribution in [0.5, 0.6) is 5.75 Å². The maximum Gasteiger partial charge on any atom is 0.349 e. The predicted octanol–water partition coefficient (Wildman–Crippen LogP) is 3.62. The highest BCUT2D eigenvalue weighted by molar-refractivity contribution is 6.30. The average molecular weight is 356 g/mol. The number of aromatic nitrogens is 2. The van der Waals surface area contributed by atoms with Crippen molar-refractivity contribution in [3.63, 3.8) is 0 Å². The highest BCUT2D eigenvalue weighted by Crippen LogP contribution is 2.22. The lowest BCUT2D eigenvalue weighted by Gasteiger charge is -2.11. The number of nitrogen functional groups attached to an aromatic ring is 1. The third kappa shape index (κ3) is 4.39. The van der Waals surface area contributed by atoms with Gasteiger partial charge in [-0.3, -0.25) is 4.57 Å². The van der Waals surface area contributed by atoms with Gasteiger partial charge in [-0.25, -0.2) is 4.79 Å². The first-order chi connectivity index (χ1) is 12.1. The average Bonchev–Trinajstić information content (AvgIpc) is 2.62. The smallest absolute Gasteiger partial charge is 0.349 e. The largest absolute Gasteiger partial charge is 0.494 e. The molecule has 1 heterocycles. The van der Waals surface area contributed by atoms with E-state index in [1.54, 1.807) is 22.9 Å². The summed E-state index contributed by atoms with van der Waals surface area (Å²) >= 11 is 5.84. The van der Waals surface area contributed by atoms with E-state index in [0.29, 0.717) is 24.6 Å². The number of nitrogens with two attached hydrogens (primary N) is 1. The zero-order valence-electron chi connectivity index (χ0n) is 13.6. The summed E-state index contributed by atoms with van der Waals surface area (Å²) in [6.07, 6.45) is 2.42. The van der Waals surface area contributed by atoms with Crippen molar-refractivity contribution in [2.24, 2.45) is 0 Å². The zero-order valence-corrected chi connectivity index (χ0v) is 14.3. The van der Waals surface area contributed by atoms with Gasteiger partial charge in [-0.1, -0.05) is 41.9 Å². The van der Waals surface area contributed by atoms with Gasteiger partial charge in [0.1, 0.15) is 11.6 Å². The Morgan fingerprint density at radius 2 is 1.80 bits per heavy atom. The molecule has 3 aromatic rings. The van der Waals surface area contributed by atoms with E-state index in [2.05, 4.69) is 4.98 Å². The molecule has 0 fully saturated rings. The van der Waals surface area contributed by atoms with Crippen molar-refractivity contribution < 1.29 is 4.74 Å². The second-order valence-corrected chi connectivity index (χ2v) is 5.97. The van der Waals surface area contributed by atoms with Crippen molar-refractivity contribution in [2.75, 3.05) is 12.3 Å². The van der Waals surface area contributed by atoms with Crippen LogP contribution in [0.3, 0.4) is 0 Å². The van der Waals surface area contributed by atoms with Gasteiger partial charge in [-0.15, -0.1) is 0 Å². The maximum absolute atomic E-state index is 12.0. The molecule has 2 aromatic carbocycles. The number of anilines is 1. The second kappa shape index (κ2) is 7.85. The summed E-state index contributed by atoms with van der Waals surface area (Å²) < 4.78 is 7.20. The summed E-state index contributed by atoms with van der Waals surface area (Å²) in [6.45, 7) is 0.985. The van der Waals surface area contributed by atoms with Gasteiger partial charge in [0.25, 0.3) is 0 Å². The summed E-state index contributed by atoms with van der Waals surface area (Å²) in [6, 6.07) is 16.8. The predicted molar refractivity (Wildman–Crippen MR) is 99.9 cm³/mol. The maximum atomic E-state index is 12.0. The lowest BCUT2D eigenvalue weighted by Crippen LogP contribution is -2.25. The summed E-state index contributed by atoms with van der Waals surface area (Å²) in [5.74, 6) is 0.988. The minimum atomic E-state index is -0.358. The Hall–Kier alpha value is -2.79. The number of hydrogen-bond donors (Lipinski definition) is 1. The normalized spacial score (nSPS) is 10.6. The molecule has 0 radical (unpaired) electrons. The van der Waals surface area contributed by atoms with Crippen molar-refractivity contribution in [3.8, 4) is 16.9 Å². The van der Waals surface area contributed by atoms with Crippen molar-refractivity contribution in [3.05, 3.63) is 76.3 Å². The molecule has 0 spiro atoms. The number of benzene rings is 2. The van der Waals surface area contributed by atoms with Gasteiger partial charge in [0.2, 0.25) is 0 Å². The van der Waals surface area contributed by atoms with Crippen LogP contribution in [-0.4, -0.2) is 16.2 Å². The fourth-order valence-electron chi connectivity index (χ4n) is 2.46. The minimum absolute atomic E-state index is 0.241. The molecule has 25 heavy (non-hydrogen) atoms. The molecule has 0 saturated heterocycles. The van der Waals surface area contributed by atoms with Crippen LogP contribution in [0.25, 0.3) is 11.1 Å². The number of aryl methyl sites for hydroxylation is 1. The van der Waals surface area contributed by atoms with Crippen LogP contribution in [0.4, 0.5) is 5.82 Å². The molecule has 0 bridgehead atoms. The van der Waals surface area contributed by atoms with Gasteiger partial charge in [0.15, 0.2) is 0 Å². The van der Waals surface area contributed by atoms with Crippen LogP contribution >= 0.6 is 11.6 Å². The van der Waals surface area contributed by atoms with Gasteiger partial charge < -0.3 is 10.5 Å². The van der Waals surface area contributed by atoms with Gasteiger partial charge >= 0.3 is 5.69 Å². The van der Waals surface area contributed by atoms with Crippen LogP contribution in [0, 0.1) is 0 Å². The number of ether oxygens (including phenoxy) is 1. The van der Waals surface area contributed by atoms with E-state index in [-0.39, 0.29) is 11.5 Å². The van der Waals surface area contributed by atoms with E-state index in [1.807, 2.05) is 42.5 Å². The minimum Gasteiger partial charge on any atom is -0.494 e. The molecule has 128 valence electrons. The van der Waals surface area contributed by atoms with E-state index in [0.717, 1.165) is 16.9 Å². The first-order valence-electron chi connectivity index (χ1n) is 7.94. The molecule has 0 saturated carbocycles. The number of hydrogen-bond acceptors (Lipinski definition) is 4. The van der Waals surface area contributed by atoms with Crippen molar-refractivity contribution in [1.29, 1.82) is 0 Å². The Labute approximate surface area is 150 Å². The lowest BCUT2D eigenvalue weighted by molar-refractivity contribution is 0.300. The van der Waals surface area contributed by atoms with Crippen molar-refractivity contribution in [1.82, 2.24) is 9.55 Å². The Morgan fingerprint density at radius 1 is 1.08 bits per heavy atom. The summed E-state index contributed by atoms with van der Waals surface area (Å²) in [4.78, 5) is 16.0. The zero-order chi connectivity index (χ0) is 17.6. The van der Waals surface area contributed by atoms with E-state index >= 15 is 0 Å². The van der Waals surface area contributed by atoms with Crippen LogP contribution in [0.1, 0.15) is 6.42 Å². The van der Waals surface area contributed by atoms with Gasteiger partial charge in [0.05, 0.1) is 6.61 Å². The van der Waals surface area contributed by atoms with Crippen LogP contribution in [0.2, 0.25) is 5.02 Å². The standard InChI is InChI=1S/C19H18ClN3O2/c20-15-7-9-16(10-8-15)25-12-4-11-23-13-17(18(21)22-19(23)24)14-5-2-1-3-6-14/h1-3,5-10,13H,4,11-12H2,(H2,21,22,24). The van der Waals surface area contributed by atoms with Crippen molar-refractivity contribution in [2.45, 2.75) is 13.0 Å². The third-order valence-corrected chi connectivity index (χ3v) is 3.99. The van der Waals surface area contributed by atoms with Gasteiger partial charge in [0, 0.05) is 23.3 Å². The Balaban J connectivity index is 1.66. The molecule has 0 aliphatic rings. The molecule has 0 amide bonds. The fraction of sp³-hybridized carbons (Fsp3) is 0.158. The number of halogens is 1. The number of nitrogens with zero attached hydrogens (tertiary/aromatic N) is 2.